The molecule has 3 aromatic rings. The zero-order chi connectivity index (χ0) is 24.3. The van der Waals surface area contributed by atoms with Crippen molar-refractivity contribution < 1.29 is 17.5 Å². The lowest BCUT2D eigenvalue weighted by Crippen LogP contribution is -2.17. The third kappa shape index (κ3) is 5.47. The van der Waals surface area contributed by atoms with Gasteiger partial charge in [-0.25, -0.2) is 17.8 Å². The number of aromatic nitrogens is 1. The molecule has 0 atom stereocenters. The average molecular weight is 524 g/mol. The van der Waals surface area contributed by atoms with Crippen molar-refractivity contribution in [2.24, 2.45) is 0 Å². The van der Waals surface area contributed by atoms with E-state index < -0.39 is 15.8 Å². The lowest BCUT2D eigenvalue weighted by Gasteiger charge is -2.15. The Kier molecular flexibility index (Phi) is 7.64. The predicted molar refractivity (Wildman–Crippen MR) is 136 cm³/mol. The highest BCUT2D eigenvalue weighted by Crippen LogP contribution is 2.38. The number of nitrogens with zero attached hydrogens (tertiary/aromatic N) is 1. The fraction of sp³-hybridized carbons (Fsp3) is 0.375. The first kappa shape index (κ1) is 24.8. The Balaban J connectivity index is 1.66. The zero-order valence-corrected chi connectivity index (χ0v) is 21.4. The summed E-state index contributed by atoms with van der Waals surface area (Å²) in [7, 11) is -2.81. The fourth-order valence-corrected chi connectivity index (χ4v) is 6.73. The van der Waals surface area contributed by atoms with Crippen LogP contribution in [-0.2, 0) is 10.0 Å². The summed E-state index contributed by atoms with van der Waals surface area (Å²) >= 11 is 7.52. The highest BCUT2D eigenvalue weighted by atomic mass is 35.5. The Labute approximate surface area is 208 Å². The second kappa shape index (κ2) is 10.5. The molecule has 0 saturated heterocycles. The number of halogens is 2. The molecule has 6 nitrogen and oxygen atoms in total. The standard InChI is InChI=1S/C24H27ClFN3O3S2/c1-15-23(33-24(27-15)28-17-8-5-3-4-6-9-17)16-12-13-20(32-2)21(14-16)34(30,31)29-22-18(25)10-7-11-19(22)26/h7,10-14,17,29H,3-6,8-9H2,1-2H3,(H,27,28). The number of para-hydroxylation sites is 1. The Morgan fingerprint density at radius 2 is 1.88 bits per heavy atom. The number of ether oxygens (including phenoxy) is 1. The third-order valence-corrected chi connectivity index (χ3v) is 8.72. The lowest BCUT2D eigenvalue weighted by molar-refractivity contribution is 0.403. The second-order valence-corrected chi connectivity index (χ2v) is 11.4. The molecule has 0 bridgehead atoms. The summed E-state index contributed by atoms with van der Waals surface area (Å²) in [5, 5.41) is 4.35. The summed E-state index contributed by atoms with van der Waals surface area (Å²) in [6.07, 6.45) is 7.23. The predicted octanol–water partition coefficient (Wildman–Crippen LogP) is 6.86. The normalized spacial score (nSPS) is 15.1. The highest BCUT2D eigenvalue weighted by molar-refractivity contribution is 7.92. The van der Waals surface area contributed by atoms with Crippen molar-refractivity contribution >= 4 is 43.8 Å². The molecule has 2 aromatic carbocycles. The number of benzene rings is 2. The largest absolute Gasteiger partial charge is 0.495 e. The molecular weight excluding hydrogens is 497 g/mol. The molecule has 10 heteroatoms. The number of methoxy groups -OCH3 is 1. The zero-order valence-electron chi connectivity index (χ0n) is 19.0. The minimum atomic E-state index is -4.20. The maximum atomic E-state index is 14.2. The summed E-state index contributed by atoms with van der Waals surface area (Å²) in [6, 6.07) is 9.27. The molecule has 2 N–H and O–H groups in total. The lowest BCUT2D eigenvalue weighted by atomic mass is 10.1. The molecule has 0 unspecified atom stereocenters. The second-order valence-electron chi connectivity index (χ2n) is 8.33. The van der Waals surface area contributed by atoms with Crippen molar-refractivity contribution in [1.29, 1.82) is 0 Å². The number of sulfonamides is 1. The smallest absolute Gasteiger partial charge is 0.265 e. The van der Waals surface area contributed by atoms with E-state index in [0.29, 0.717) is 11.6 Å². The molecule has 0 aliphatic heterocycles. The molecule has 34 heavy (non-hydrogen) atoms. The van der Waals surface area contributed by atoms with Crippen LogP contribution in [0.15, 0.2) is 41.3 Å². The molecule has 0 amide bonds. The minimum Gasteiger partial charge on any atom is -0.495 e. The van der Waals surface area contributed by atoms with E-state index >= 15 is 0 Å². The van der Waals surface area contributed by atoms with Crippen LogP contribution in [0.25, 0.3) is 10.4 Å². The Morgan fingerprint density at radius 3 is 2.56 bits per heavy atom. The van der Waals surface area contributed by atoms with Gasteiger partial charge in [-0.3, -0.25) is 4.72 Å². The Morgan fingerprint density at radius 1 is 1.15 bits per heavy atom. The number of thiazole rings is 1. The maximum Gasteiger partial charge on any atom is 0.265 e. The number of rotatable bonds is 7. The molecule has 182 valence electrons. The van der Waals surface area contributed by atoms with Gasteiger partial charge in [-0.2, -0.15) is 0 Å². The van der Waals surface area contributed by atoms with E-state index in [9.17, 15) is 12.8 Å². The average Bonchev–Trinajstić information content (AvgIpc) is 2.99. The maximum absolute atomic E-state index is 14.2. The van der Waals surface area contributed by atoms with Gasteiger partial charge < -0.3 is 10.1 Å². The van der Waals surface area contributed by atoms with Gasteiger partial charge in [0.15, 0.2) is 5.13 Å². The van der Waals surface area contributed by atoms with Crippen LogP contribution < -0.4 is 14.8 Å². The van der Waals surface area contributed by atoms with Gasteiger partial charge in [-0.05, 0) is 55.7 Å². The topological polar surface area (TPSA) is 80.3 Å². The van der Waals surface area contributed by atoms with Gasteiger partial charge in [-0.15, -0.1) is 0 Å². The van der Waals surface area contributed by atoms with Crippen LogP contribution in [0.3, 0.4) is 0 Å². The molecule has 1 aromatic heterocycles. The molecule has 1 saturated carbocycles. The molecule has 1 heterocycles. The van der Waals surface area contributed by atoms with E-state index in [1.165, 1.54) is 62.3 Å². The van der Waals surface area contributed by atoms with E-state index in [1.807, 2.05) is 6.92 Å². The molecule has 0 radical (unpaired) electrons. The fourth-order valence-electron chi connectivity index (χ4n) is 4.14. The first-order valence-electron chi connectivity index (χ1n) is 11.2. The van der Waals surface area contributed by atoms with Crippen molar-refractivity contribution in [2.45, 2.75) is 56.4 Å². The molecular formula is C24H27ClFN3O3S2. The molecule has 1 fully saturated rings. The SMILES string of the molecule is COc1ccc(-c2sc(NC3CCCCCC3)nc2C)cc1S(=O)(=O)Nc1c(F)cccc1Cl. The number of hydrogen-bond acceptors (Lipinski definition) is 6. The van der Waals surface area contributed by atoms with Crippen LogP contribution in [0, 0.1) is 12.7 Å². The van der Waals surface area contributed by atoms with Gasteiger partial charge >= 0.3 is 0 Å². The van der Waals surface area contributed by atoms with Crippen molar-refractivity contribution in [3.63, 3.8) is 0 Å². The van der Waals surface area contributed by atoms with Crippen LogP contribution in [0.4, 0.5) is 15.2 Å². The number of aryl methyl sites for hydroxylation is 1. The van der Waals surface area contributed by atoms with Crippen molar-refractivity contribution in [3.8, 4) is 16.2 Å². The third-order valence-electron chi connectivity index (χ3n) is 5.89. The quantitative estimate of drug-likeness (QED) is 0.331. The van der Waals surface area contributed by atoms with Crippen molar-refractivity contribution in [1.82, 2.24) is 4.98 Å². The van der Waals surface area contributed by atoms with E-state index in [1.54, 1.807) is 12.1 Å². The van der Waals surface area contributed by atoms with Gasteiger partial charge in [0.2, 0.25) is 0 Å². The highest BCUT2D eigenvalue weighted by Gasteiger charge is 2.24. The van der Waals surface area contributed by atoms with Gasteiger partial charge in [-0.1, -0.05) is 54.7 Å². The minimum absolute atomic E-state index is 0.0359. The summed E-state index contributed by atoms with van der Waals surface area (Å²) in [6.45, 7) is 1.90. The summed E-state index contributed by atoms with van der Waals surface area (Å²) in [5.74, 6) is -0.624. The number of nitrogens with one attached hydrogen (secondary N) is 2. The first-order valence-corrected chi connectivity index (χ1v) is 13.9. The molecule has 0 spiro atoms. The van der Waals surface area contributed by atoms with Gasteiger partial charge in [0.05, 0.1) is 22.7 Å². The summed E-state index contributed by atoms with van der Waals surface area (Å²) < 4.78 is 48.2. The first-order chi connectivity index (χ1) is 16.3. The Hall–Kier alpha value is -2.36. The van der Waals surface area contributed by atoms with E-state index in [0.717, 1.165) is 34.6 Å². The number of anilines is 2. The summed E-state index contributed by atoms with van der Waals surface area (Å²) in [5.41, 5.74) is 1.19. The molecule has 1 aliphatic rings. The molecule has 4 rings (SSSR count). The van der Waals surface area contributed by atoms with Gasteiger partial charge in [0.25, 0.3) is 10.0 Å². The van der Waals surface area contributed by atoms with Crippen molar-refractivity contribution in [3.05, 3.63) is 52.9 Å². The van der Waals surface area contributed by atoms with Crippen LogP contribution in [-0.4, -0.2) is 26.6 Å². The van der Waals surface area contributed by atoms with E-state index in [-0.39, 0.29) is 21.4 Å². The number of hydrogen-bond donors (Lipinski definition) is 2. The monoisotopic (exact) mass is 523 g/mol. The van der Waals surface area contributed by atoms with Crippen molar-refractivity contribution in [2.75, 3.05) is 17.1 Å². The van der Waals surface area contributed by atoms with Gasteiger partial charge in [0.1, 0.15) is 22.1 Å². The van der Waals surface area contributed by atoms with Crippen LogP contribution in [0.2, 0.25) is 5.02 Å². The van der Waals surface area contributed by atoms with Crippen LogP contribution in [0.5, 0.6) is 5.75 Å². The van der Waals surface area contributed by atoms with Crippen LogP contribution in [0.1, 0.15) is 44.2 Å². The van der Waals surface area contributed by atoms with Crippen LogP contribution >= 0.6 is 22.9 Å². The Bertz CT molecular complexity index is 1250. The molecule has 1 aliphatic carbocycles. The van der Waals surface area contributed by atoms with Gasteiger partial charge in [0, 0.05) is 6.04 Å². The summed E-state index contributed by atoms with van der Waals surface area (Å²) in [4.78, 5) is 5.43. The van der Waals surface area contributed by atoms with E-state index in [4.69, 9.17) is 16.3 Å². The van der Waals surface area contributed by atoms with E-state index in [2.05, 4.69) is 15.0 Å².